The number of nitrogens with zero attached hydrogens (tertiary/aromatic N) is 2. The van der Waals surface area contributed by atoms with Crippen molar-refractivity contribution in [1.29, 1.82) is 0 Å². The Morgan fingerprint density at radius 2 is 1.93 bits per heavy atom. The summed E-state index contributed by atoms with van der Waals surface area (Å²) in [6.45, 7) is 3.78. The molecule has 8 nitrogen and oxygen atoms in total. The van der Waals surface area contributed by atoms with Crippen LogP contribution in [0.3, 0.4) is 0 Å². The predicted molar refractivity (Wildman–Crippen MR) is 102 cm³/mol. The fourth-order valence-corrected chi connectivity index (χ4v) is 3.43. The summed E-state index contributed by atoms with van der Waals surface area (Å²) in [7, 11) is 0. The van der Waals surface area contributed by atoms with Crippen molar-refractivity contribution in [3.63, 3.8) is 0 Å². The molecule has 1 saturated heterocycles. The third-order valence-corrected chi connectivity index (χ3v) is 4.82. The van der Waals surface area contributed by atoms with Crippen molar-refractivity contribution in [2.24, 2.45) is 0 Å². The number of non-ortho nitro benzene ring substituents is 1. The zero-order valence-corrected chi connectivity index (χ0v) is 15.3. The lowest BCUT2D eigenvalue weighted by atomic mass is 9.87. The van der Waals surface area contributed by atoms with E-state index >= 15 is 0 Å². The SMILES string of the molecule is O=C(O)Oc1ccc([N+](=O)[O-])cc1[C@H](CCN1CCOCC1)c1ccccc1. The fourth-order valence-electron chi connectivity index (χ4n) is 3.43. The zero-order valence-electron chi connectivity index (χ0n) is 15.3. The Morgan fingerprint density at radius 3 is 2.57 bits per heavy atom. The number of hydrogen-bond donors (Lipinski definition) is 1. The molecule has 0 bridgehead atoms. The lowest BCUT2D eigenvalue weighted by Crippen LogP contribution is -2.37. The molecular weight excluding hydrogens is 364 g/mol. The minimum absolute atomic E-state index is 0.0972. The first-order valence-corrected chi connectivity index (χ1v) is 9.09. The molecule has 3 rings (SSSR count). The molecule has 0 amide bonds. The number of rotatable bonds is 7. The summed E-state index contributed by atoms with van der Waals surface area (Å²) in [6, 6.07) is 13.6. The summed E-state index contributed by atoms with van der Waals surface area (Å²) in [6.07, 6.45) is -0.781. The lowest BCUT2D eigenvalue weighted by Gasteiger charge is -2.29. The Balaban J connectivity index is 1.96. The number of ether oxygens (including phenoxy) is 2. The maximum atomic E-state index is 11.3. The topological polar surface area (TPSA) is 102 Å². The van der Waals surface area contributed by atoms with Gasteiger partial charge in [-0.25, -0.2) is 4.79 Å². The molecule has 0 unspecified atom stereocenters. The van der Waals surface area contributed by atoms with Crippen LogP contribution in [0.15, 0.2) is 48.5 Å². The van der Waals surface area contributed by atoms with Gasteiger partial charge in [-0.2, -0.15) is 0 Å². The monoisotopic (exact) mass is 386 g/mol. The Morgan fingerprint density at radius 1 is 1.21 bits per heavy atom. The molecule has 0 aliphatic carbocycles. The molecule has 8 heteroatoms. The van der Waals surface area contributed by atoms with Gasteiger partial charge in [-0.15, -0.1) is 0 Å². The second-order valence-electron chi connectivity index (χ2n) is 6.55. The third-order valence-electron chi connectivity index (χ3n) is 4.82. The number of carbonyl (C=O) groups is 1. The Kier molecular flexibility index (Phi) is 6.57. The van der Waals surface area contributed by atoms with Crippen molar-refractivity contribution in [2.75, 3.05) is 32.8 Å². The number of carboxylic acid groups (broad SMARTS) is 1. The van der Waals surface area contributed by atoms with Crippen LogP contribution in [0.25, 0.3) is 0 Å². The van der Waals surface area contributed by atoms with Gasteiger partial charge < -0.3 is 14.6 Å². The zero-order chi connectivity index (χ0) is 19.9. The molecule has 2 aromatic rings. The molecule has 28 heavy (non-hydrogen) atoms. The quantitative estimate of drug-likeness (QED) is 0.336. The Hall–Kier alpha value is -2.97. The van der Waals surface area contributed by atoms with Gasteiger partial charge in [0.2, 0.25) is 0 Å². The molecule has 2 aromatic carbocycles. The molecule has 1 N–H and O–H groups in total. The van der Waals surface area contributed by atoms with E-state index in [1.54, 1.807) is 0 Å². The minimum Gasteiger partial charge on any atom is -0.449 e. The largest absolute Gasteiger partial charge is 0.511 e. The highest BCUT2D eigenvalue weighted by atomic mass is 16.7. The summed E-state index contributed by atoms with van der Waals surface area (Å²) < 4.78 is 10.3. The van der Waals surface area contributed by atoms with E-state index in [0.717, 1.165) is 25.2 Å². The second-order valence-corrected chi connectivity index (χ2v) is 6.55. The normalized spacial score (nSPS) is 15.7. The van der Waals surface area contributed by atoms with Crippen LogP contribution >= 0.6 is 0 Å². The van der Waals surface area contributed by atoms with Crippen LogP contribution in [0, 0.1) is 10.1 Å². The van der Waals surface area contributed by atoms with Crippen LogP contribution in [0.4, 0.5) is 10.5 Å². The molecule has 1 fully saturated rings. The van der Waals surface area contributed by atoms with Crippen LogP contribution in [-0.4, -0.2) is 53.9 Å². The number of hydrogen-bond acceptors (Lipinski definition) is 6. The number of nitro groups is 1. The van der Waals surface area contributed by atoms with Gasteiger partial charge in [-0.1, -0.05) is 30.3 Å². The van der Waals surface area contributed by atoms with E-state index in [2.05, 4.69) is 4.90 Å². The average Bonchev–Trinajstić information content (AvgIpc) is 2.70. The predicted octanol–water partition coefficient (Wildman–Crippen LogP) is 3.51. The van der Waals surface area contributed by atoms with E-state index in [9.17, 15) is 14.9 Å². The molecular formula is C20H22N2O6. The van der Waals surface area contributed by atoms with Gasteiger partial charge in [0.25, 0.3) is 5.69 Å². The van der Waals surface area contributed by atoms with Crippen molar-refractivity contribution in [3.8, 4) is 5.75 Å². The van der Waals surface area contributed by atoms with Crippen LogP contribution in [0.2, 0.25) is 0 Å². The maximum Gasteiger partial charge on any atom is 0.511 e. The molecule has 1 aliphatic heterocycles. The Labute approximate surface area is 162 Å². The van der Waals surface area contributed by atoms with Crippen molar-refractivity contribution < 1.29 is 24.3 Å². The highest BCUT2D eigenvalue weighted by Gasteiger charge is 2.24. The molecule has 0 spiro atoms. The number of benzene rings is 2. The summed E-state index contributed by atoms with van der Waals surface area (Å²) >= 11 is 0. The van der Waals surface area contributed by atoms with Crippen LogP contribution < -0.4 is 4.74 Å². The van der Waals surface area contributed by atoms with E-state index in [-0.39, 0.29) is 17.4 Å². The lowest BCUT2D eigenvalue weighted by molar-refractivity contribution is -0.384. The van der Waals surface area contributed by atoms with Gasteiger partial charge in [-0.05, 0) is 24.6 Å². The molecule has 0 saturated carbocycles. The molecule has 0 radical (unpaired) electrons. The first-order chi connectivity index (χ1) is 13.5. The van der Waals surface area contributed by atoms with Crippen LogP contribution in [0.1, 0.15) is 23.5 Å². The van der Waals surface area contributed by atoms with E-state index in [4.69, 9.17) is 14.6 Å². The molecule has 0 aromatic heterocycles. The highest BCUT2D eigenvalue weighted by Crippen LogP contribution is 2.37. The van der Waals surface area contributed by atoms with Gasteiger partial charge in [0.05, 0.1) is 18.1 Å². The van der Waals surface area contributed by atoms with E-state index < -0.39 is 11.1 Å². The summed E-state index contributed by atoms with van der Waals surface area (Å²) in [5, 5.41) is 20.4. The minimum atomic E-state index is -1.45. The van der Waals surface area contributed by atoms with Gasteiger partial charge in [0, 0.05) is 36.7 Å². The molecule has 1 aliphatic rings. The van der Waals surface area contributed by atoms with E-state index in [0.29, 0.717) is 25.2 Å². The van der Waals surface area contributed by atoms with Gasteiger partial charge in [0.15, 0.2) is 0 Å². The molecule has 1 atom stereocenters. The first-order valence-electron chi connectivity index (χ1n) is 9.09. The molecule has 148 valence electrons. The van der Waals surface area contributed by atoms with Crippen LogP contribution in [-0.2, 0) is 4.74 Å². The van der Waals surface area contributed by atoms with Crippen LogP contribution in [0.5, 0.6) is 5.75 Å². The maximum absolute atomic E-state index is 11.3. The summed E-state index contributed by atoms with van der Waals surface area (Å²) in [5.74, 6) is -0.118. The van der Waals surface area contributed by atoms with E-state index in [1.165, 1.54) is 18.2 Å². The van der Waals surface area contributed by atoms with Crippen molar-refractivity contribution in [1.82, 2.24) is 4.90 Å². The summed E-state index contributed by atoms with van der Waals surface area (Å²) in [5.41, 5.74) is 1.35. The number of nitro benzene ring substituents is 1. The highest BCUT2D eigenvalue weighted by molar-refractivity contribution is 5.63. The average molecular weight is 386 g/mol. The van der Waals surface area contributed by atoms with Gasteiger partial charge in [-0.3, -0.25) is 15.0 Å². The fraction of sp³-hybridized carbons (Fsp3) is 0.350. The smallest absolute Gasteiger partial charge is 0.449 e. The molecule has 1 heterocycles. The van der Waals surface area contributed by atoms with Crippen molar-refractivity contribution in [2.45, 2.75) is 12.3 Å². The standard InChI is InChI=1S/C20H22N2O6/c23-20(24)28-19-7-6-16(22(25)26)14-18(19)17(15-4-2-1-3-5-15)8-9-21-10-12-27-13-11-21/h1-7,14,17H,8-13H2,(H,23,24)/t17-/m1/s1. The third kappa shape index (κ3) is 5.05. The van der Waals surface area contributed by atoms with Crippen molar-refractivity contribution in [3.05, 3.63) is 69.8 Å². The first kappa shape index (κ1) is 19.8. The van der Waals surface area contributed by atoms with E-state index in [1.807, 2.05) is 30.3 Å². The Bertz CT molecular complexity index is 821. The van der Waals surface area contributed by atoms with Gasteiger partial charge in [0.1, 0.15) is 5.75 Å². The van der Waals surface area contributed by atoms with Crippen molar-refractivity contribution >= 4 is 11.8 Å². The number of morpholine rings is 1. The van der Waals surface area contributed by atoms with Gasteiger partial charge >= 0.3 is 6.16 Å². The summed E-state index contributed by atoms with van der Waals surface area (Å²) in [4.78, 5) is 24.2. The second kappa shape index (κ2) is 9.29.